The number of hydrogen-bond donors (Lipinski definition) is 1. The van der Waals surface area contributed by atoms with E-state index < -0.39 is 17.9 Å². The third-order valence-corrected chi connectivity index (χ3v) is 8.22. The SMILES string of the molecule is CCCCOC(=O)N1CCN(C(=O)N(CCC)C(=O)c2cc(N3CC4C(C3)C4C(=O)O)nc(-c3ccccc3)n2)CC1. The number of carbonyl (C=O) groups is 4. The van der Waals surface area contributed by atoms with Crippen LogP contribution >= 0.6 is 0 Å². The van der Waals surface area contributed by atoms with E-state index in [1.165, 1.54) is 4.90 Å². The number of urea groups is 1. The van der Waals surface area contributed by atoms with E-state index in [2.05, 4.69) is 4.98 Å². The number of nitrogens with zero attached hydrogens (tertiary/aromatic N) is 6. The van der Waals surface area contributed by atoms with Crippen molar-refractivity contribution in [2.75, 3.05) is 57.3 Å². The van der Waals surface area contributed by atoms with Crippen LogP contribution in [0, 0.1) is 17.8 Å². The van der Waals surface area contributed by atoms with E-state index in [0.717, 1.165) is 18.4 Å². The molecular formula is C30H38N6O6. The van der Waals surface area contributed by atoms with Gasteiger partial charge in [0, 0.05) is 57.4 Å². The second-order valence-electron chi connectivity index (χ2n) is 11.1. The molecule has 2 saturated heterocycles. The number of benzene rings is 1. The first-order valence-electron chi connectivity index (χ1n) is 14.8. The molecule has 2 aliphatic heterocycles. The number of carbonyl (C=O) groups excluding carboxylic acids is 3. The minimum absolute atomic E-state index is 0.0672. The molecule has 3 aliphatic rings. The fraction of sp³-hybridized carbons (Fsp3) is 0.533. The number of unbranched alkanes of at least 4 members (excludes halogenated alkanes) is 1. The lowest BCUT2D eigenvalue weighted by atomic mass is 10.2. The zero-order valence-corrected chi connectivity index (χ0v) is 24.1. The number of amides is 4. The van der Waals surface area contributed by atoms with Crippen LogP contribution in [-0.4, -0.2) is 106 Å². The van der Waals surface area contributed by atoms with Crippen molar-refractivity contribution in [1.82, 2.24) is 24.7 Å². The number of ether oxygens (including phenoxy) is 1. The monoisotopic (exact) mass is 578 g/mol. The van der Waals surface area contributed by atoms with Crippen LogP contribution < -0.4 is 4.90 Å². The maximum absolute atomic E-state index is 13.9. The van der Waals surface area contributed by atoms with Crippen LogP contribution in [0.4, 0.5) is 15.4 Å². The number of rotatable bonds is 9. The maximum Gasteiger partial charge on any atom is 0.409 e. The molecule has 12 nitrogen and oxygen atoms in total. The molecule has 2 unspecified atom stereocenters. The first-order valence-corrected chi connectivity index (χ1v) is 14.8. The molecule has 224 valence electrons. The second-order valence-corrected chi connectivity index (χ2v) is 11.1. The van der Waals surface area contributed by atoms with E-state index in [1.54, 1.807) is 15.9 Å². The Kier molecular flexibility index (Phi) is 8.89. The van der Waals surface area contributed by atoms with Gasteiger partial charge in [-0.05, 0) is 24.7 Å². The number of aromatic nitrogens is 2. The highest BCUT2D eigenvalue weighted by Crippen LogP contribution is 2.52. The van der Waals surface area contributed by atoms with Crippen molar-refractivity contribution in [3.8, 4) is 11.4 Å². The summed E-state index contributed by atoms with van der Waals surface area (Å²) in [7, 11) is 0. The Hall–Kier alpha value is -4.22. The van der Waals surface area contributed by atoms with Gasteiger partial charge in [0.15, 0.2) is 5.82 Å². The molecule has 1 saturated carbocycles. The van der Waals surface area contributed by atoms with Gasteiger partial charge in [0.2, 0.25) is 0 Å². The average molecular weight is 579 g/mol. The summed E-state index contributed by atoms with van der Waals surface area (Å²) in [6.45, 7) is 6.84. The largest absolute Gasteiger partial charge is 0.481 e. The number of aliphatic carboxylic acids is 1. The van der Waals surface area contributed by atoms with Crippen LogP contribution in [0.1, 0.15) is 43.6 Å². The predicted molar refractivity (Wildman–Crippen MR) is 154 cm³/mol. The second kappa shape index (κ2) is 12.7. The Morgan fingerprint density at radius 1 is 0.952 bits per heavy atom. The summed E-state index contributed by atoms with van der Waals surface area (Å²) in [5, 5.41) is 9.43. The van der Waals surface area contributed by atoms with Gasteiger partial charge >= 0.3 is 18.1 Å². The minimum Gasteiger partial charge on any atom is -0.481 e. The van der Waals surface area contributed by atoms with Gasteiger partial charge in [0.25, 0.3) is 5.91 Å². The van der Waals surface area contributed by atoms with E-state index >= 15 is 0 Å². The van der Waals surface area contributed by atoms with Crippen LogP contribution in [-0.2, 0) is 9.53 Å². The molecule has 42 heavy (non-hydrogen) atoms. The Morgan fingerprint density at radius 2 is 1.62 bits per heavy atom. The van der Waals surface area contributed by atoms with E-state index in [0.29, 0.717) is 63.9 Å². The van der Waals surface area contributed by atoms with Gasteiger partial charge in [-0.1, -0.05) is 50.6 Å². The number of carboxylic acids is 1. The van der Waals surface area contributed by atoms with Crippen molar-refractivity contribution >= 4 is 29.8 Å². The minimum atomic E-state index is -0.767. The normalized spacial score (nSPS) is 21.1. The number of piperidine rings is 1. The molecule has 1 N–H and O–H groups in total. The molecule has 3 heterocycles. The lowest BCUT2D eigenvalue weighted by Crippen LogP contribution is -2.55. The Labute approximate surface area is 245 Å². The van der Waals surface area contributed by atoms with Crippen LogP contribution in [0.2, 0.25) is 0 Å². The van der Waals surface area contributed by atoms with Crippen LogP contribution in [0.3, 0.4) is 0 Å². The van der Waals surface area contributed by atoms with E-state index in [4.69, 9.17) is 9.72 Å². The van der Waals surface area contributed by atoms with E-state index in [9.17, 15) is 24.3 Å². The van der Waals surface area contributed by atoms with Gasteiger partial charge in [0.1, 0.15) is 11.5 Å². The summed E-state index contributed by atoms with van der Waals surface area (Å²) < 4.78 is 5.30. The summed E-state index contributed by atoms with van der Waals surface area (Å²) in [5.41, 5.74) is 0.839. The number of imide groups is 1. The van der Waals surface area contributed by atoms with E-state index in [-0.39, 0.29) is 36.1 Å². The first kappa shape index (κ1) is 29.3. The molecule has 1 aliphatic carbocycles. The number of hydrogen-bond acceptors (Lipinski definition) is 8. The van der Waals surface area contributed by atoms with Gasteiger partial charge in [-0.15, -0.1) is 0 Å². The highest BCUT2D eigenvalue weighted by atomic mass is 16.6. The van der Waals surface area contributed by atoms with Gasteiger partial charge in [-0.2, -0.15) is 0 Å². The molecule has 2 atom stereocenters. The van der Waals surface area contributed by atoms with Crippen LogP contribution in [0.25, 0.3) is 11.4 Å². The van der Waals surface area contributed by atoms with Crippen LogP contribution in [0.15, 0.2) is 36.4 Å². The summed E-state index contributed by atoms with van der Waals surface area (Å²) in [6.07, 6.45) is 1.92. The quantitative estimate of drug-likeness (QED) is 0.444. The zero-order valence-electron chi connectivity index (χ0n) is 24.1. The zero-order chi connectivity index (χ0) is 29.8. The van der Waals surface area contributed by atoms with Crippen molar-refractivity contribution in [3.63, 3.8) is 0 Å². The summed E-state index contributed by atoms with van der Waals surface area (Å²) in [4.78, 5) is 67.1. The summed E-state index contributed by atoms with van der Waals surface area (Å²) >= 11 is 0. The average Bonchev–Trinajstić information content (AvgIpc) is 3.53. The molecular weight excluding hydrogens is 540 g/mol. The molecule has 4 amide bonds. The molecule has 2 aromatic rings. The third-order valence-electron chi connectivity index (χ3n) is 8.22. The lowest BCUT2D eigenvalue weighted by molar-refractivity contribution is -0.139. The molecule has 12 heteroatoms. The maximum atomic E-state index is 13.9. The van der Waals surface area contributed by atoms with Crippen molar-refractivity contribution in [1.29, 1.82) is 0 Å². The smallest absolute Gasteiger partial charge is 0.409 e. The Balaban J connectivity index is 1.33. The molecule has 0 spiro atoms. The highest BCUT2D eigenvalue weighted by Gasteiger charge is 2.60. The summed E-state index contributed by atoms with van der Waals surface area (Å²) in [5.74, 6) is -0.564. The Bertz CT molecular complexity index is 1300. The molecule has 5 rings (SSSR count). The standard InChI is InChI=1S/C30H38N6O6/c1-3-5-16-42-30(41)34-14-12-33(13-15-34)29(40)36(11-4-2)27(37)23-17-24(32-26(31-23)20-9-7-6-8-10-20)35-18-21-22(19-35)25(21)28(38)39/h6-10,17,21-22,25H,3-5,11-16,18-19H2,1-2H3,(H,38,39). The molecule has 0 bridgehead atoms. The van der Waals surface area contributed by atoms with Gasteiger partial charge < -0.3 is 24.5 Å². The predicted octanol–water partition coefficient (Wildman–Crippen LogP) is 3.44. The molecule has 1 aromatic heterocycles. The first-order chi connectivity index (χ1) is 20.3. The molecule has 0 radical (unpaired) electrons. The Morgan fingerprint density at radius 3 is 2.24 bits per heavy atom. The third kappa shape index (κ3) is 6.17. The van der Waals surface area contributed by atoms with Crippen molar-refractivity contribution in [2.45, 2.75) is 33.1 Å². The van der Waals surface area contributed by atoms with Gasteiger partial charge in [0.05, 0.1) is 12.5 Å². The van der Waals surface area contributed by atoms with E-state index in [1.807, 2.05) is 49.1 Å². The van der Waals surface area contributed by atoms with Gasteiger partial charge in [-0.25, -0.2) is 19.6 Å². The molecule has 1 aromatic carbocycles. The summed E-state index contributed by atoms with van der Waals surface area (Å²) in [6, 6.07) is 10.5. The van der Waals surface area contributed by atoms with Crippen molar-refractivity contribution in [2.24, 2.45) is 17.8 Å². The number of piperazine rings is 1. The fourth-order valence-corrected chi connectivity index (χ4v) is 5.79. The van der Waals surface area contributed by atoms with Crippen molar-refractivity contribution < 1.29 is 29.0 Å². The molecule has 3 fully saturated rings. The fourth-order valence-electron chi connectivity index (χ4n) is 5.79. The highest BCUT2D eigenvalue weighted by molar-refractivity contribution is 6.03. The number of anilines is 1. The van der Waals surface area contributed by atoms with Crippen molar-refractivity contribution in [3.05, 3.63) is 42.1 Å². The number of carboxylic acid groups (broad SMARTS) is 1. The topological polar surface area (TPSA) is 136 Å². The lowest BCUT2D eigenvalue weighted by Gasteiger charge is -2.36. The van der Waals surface area contributed by atoms with Crippen LogP contribution in [0.5, 0.6) is 0 Å². The number of fused-ring (bicyclic) bond motifs is 1. The van der Waals surface area contributed by atoms with Gasteiger partial charge in [-0.3, -0.25) is 14.5 Å².